The molecule has 4 fully saturated rings. The smallest absolute Gasteiger partial charge is 0.249 e. The summed E-state index contributed by atoms with van der Waals surface area (Å²) in [7, 11) is 0. The summed E-state index contributed by atoms with van der Waals surface area (Å²) in [5, 5.41) is 30.5. The van der Waals surface area contributed by atoms with E-state index in [2.05, 4.69) is 21.1 Å². The Morgan fingerprint density at radius 2 is 1.67 bits per heavy atom. The minimum atomic E-state index is -0.952. The van der Waals surface area contributed by atoms with E-state index in [4.69, 9.17) is 32.1 Å². The predicted molar refractivity (Wildman–Crippen MR) is 183 cm³/mol. The first-order valence-corrected chi connectivity index (χ1v) is 17.7. The van der Waals surface area contributed by atoms with Gasteiger partial charge in [-0.3, -0.25) is 15.0 Å². The van der Waals surface area contributed by atoms with Crippen LogP contribution >= 0.6 is 0 Å². The van der Waals surface area contributed by atoms with E-state index >= 15 is 0 Å². The molecule has 4 saturated carbocycles. The molecule has 6 rings (SSSR count). The summed E-state index contributed by atoms with van der Waals surface area (Å²) in [4.78, 5) is 32.2. The number of rotatable bonds is 17. The Labute approximate surface area is 283 Å². The number of aromatic nitrogens is 2. The van der Waals surface area contributed by atoms with Crippen LogP contribution in [0.5, 0.6) is 5.75 Å². The number of aryl methyl sites for hydroxylation is 2. The minimum absolute atomic E-state index is 0.140. The lowest BCUT2D eigenvalue weighted by molar-refractivity contribution is -0.130. The van der Waals surface area contributed by atoms with Crippen molar-refractivity contribution in [2.75, 3.05) is 13.1 Å². The van der Waals surface area contributed by atoms with Crippen molar-refractivity contribution in [3.8, 4) is 5.75 Å². The van der Waals surface area contributed by atoms with Crippen LogP contribution < -0.4 is 33.2 Å². The summed E-state index contributed by atoms with van der Waals surface area (Å²) >= 11 is 0. The van der Waals surface area contributed by atoms with Crippen molar-refractivity contribution in [3.05, 3.63) is 40.5 Å². The van der Waals surface area contributed by atoms with Gasteiger partial charge in [-0.1, -0.05) is 5.16 Å². The number of aromatic hydroxyl groups is 1. The molecule has 1 heterocycles. The Hall–Kier alpha value is -3.71. The number of guanidine groups is 1. The highest BCUT2D eigenvalue weighted by Gasteiger charge is 2.51. The largest absolute Gasteiger partial charge is 0.508 e. The van der Waals surface area contributed by atoms with Crippen LogP contribution in [0.4, 0.5) is 0 Å². The second-order valence-electron chi connectivity index (χ2n) is 14.9. The molecule has 3 atom stereocenters. The number of nitrogens with one attached hydrogen (secondary N) is 4. The first kappa shape index (κ1) is 35.6. The monoisotopic (exact) mass is 665 g/mol. The molecular weight excluding hydrogens is 610 g/mol. The van der Waals surface area contributed by atoms with E-state index in [0.29, 0.717) is 44.1 Å². The van der Waals surface area contributed by atoms with Gasteiger partial charge in [0, 0.05) is 19.4 Å². The molecule has 1 aromatic carbocycles. The maximum atomic E-state index is 14.1. The minimum Gasteiger partial charge on any atom is -0.508 e. The number of phenolic OH excluding ortho intramolecular Hbond substituents is 1. The highest BCUT2D eigenvalue weighted by molar-refractivity contribution is 5.90. The molecular formula is C35H55N9O4. The van der Waals surface area contributed by atoms with E-state index < -0.39 is 24.0 Å². The summed E-state index contributed by atoms with van der Waals surface area (Å²) in [6, 6.07) is 0.930. The van der Waals surface area contributed by atoms with Crippen molar-refractivity contribution in [2.24, 2.45) is 40.4 Å². The Morgan fingerprint density at radius 3 is 2.27 bits per heavy atom. The van der Waals surface area contributed by atoms with Gasteiger partial charge in [0.25, 0.3) is 0 Å². The zero-order valence-corrected chi connectivity index (χ0v) is 28.5. The average molecular weight is 666 g/mol. The molecule has 13 nitrogen and oxygen atoms in total. The standard InChI is InChI=1S/C35H55N9O4/c1-20-10-25(45)11-21(2)26(20)15-29(42-31(46)27(37)6-5-9-40-34(38)39)32(47)41-28(7-3-4-8-36)33-43-30(44-48-33)19-35-16-22-12-23(17-35)14-24(13-22)18-35/h10-11,22-24,27-29,45H,3-9,12-19,36-37H2,1-2H3,(H,41,47)(H,42,46)(H4,38,39,40)/t22?,23?,24?,27?,28-,29?,35?/m0/s1. The fourth-order valence-corrected chi connectivity index (χ4v) is 9.01. The van der Waals surface area contributed by atoms with Crippen molar-refractivity contribution in [2.45, 2.75) is 115 Å². The maximum absolute atomic E-state index is 14.1. The Balaban J connectivity index is 1.31. The number of phenols is 1. The number of carbonyl (C=O) groups excluding carboxylic acids is 2. The van der Waals surface area contributed by atoms with Gasteiger partial charge in [0.1, 0.15) is 17.8 Å². The highest BCUT2D eigenvalue weighted by Crippen LogP contribution is 2.60. The zero-order chi connectivity index (χ0) is 34.4. The normalized spacial score (nSPS) is 24.5. The molecule has 0 radical (unpaired) electrons. The van der Waals surface area contributed by atoms with Gasteiger partial charge in [0.2, 0.25) is 17.7 Å². The van der Waals surface area contributed by atoms with Crippen molar-refractivity contribution in [1.29, 1.82) is 5.41 Å². The number of hydrogen-bond acceptors (Lipinski definition) is 9. The van der Waals surface area contributed by atoms with Crippen molar-refractivity contribution in [3.63, 3.8) is 0 Å². The molecule has 264 valence electrons. The lowest BCUT2D eigenvalue weighted by Crippen LogP contribution is -2.53. The summed E-state index contributed by atoms with van der Waals surface area (Å²) in [5.74, 6) is 2.69. The number of unbranched alkanes of at least 4 members (excludes halogenated alkanes) is 1. The molecule has 2 amide bonds. The SMILES string of the molecule is Cc1cc(O)cc(C)c1CC(NC(=O)C(N)CCCNC(=N)N)C(=O)N[C@@H](CCCCN)c1nc(CC23CC4CC(CC(C4)C2)C3)no1. The fraction of sp³-hybridized carbons (Fsp3) is 0.686. The number of hydrogen-bond donors (Lipinski definition) is 8. The molecule has 48 heavy (non-hydrogen) atoms. The first-order valence-electron chi connectivity index (χ1n) is 17.7. The predicted octanol–water partition coefficient (Wildman–Crippen LogP) is 2.76. The van der Waals surface area contributed by atoms with Gasteiger partial charge in [-0.05, 0) is 143 Å². The van der Waals surface area contributed by atoms with Crippen LogP contribution in [0, 0.1) is 42.4 Å². The van der Waals surface area contributed by atoms with E-state index in [9.17, 15) is 14.7 Å². The molecule has 2 unspecified atom stereocenters. The first-order chi connectivity index (χ1) is 22.9. The van der Waals surface area contributed by atoms with Gasteiger partial charge in [0.15, 0.2) is 11.8 Å². The molecule has 0 saturated heterocycles. The number of benzene rings is 1. The lowest BCUT2D eigenvalue weighted by atomic mass is 9.49. The summed E-state index contributed by atoms with van der Waals surface area (Å²) in [5.41, 5.74) is 20.1. The van der Waals surface area contributed by atoms with Crippen LogP contribution in [-0.4, -0.2) is 58.2 Å². The number of nitrogens with two attached hydrogens (primary N) is 3. The van der Waals surface area contributed by atoms with E-state index in [1.165, 1.54) is 38.5 Å². The van der Waals surface area contributed by atoms with Gasteiger partial charge in [0.05, 0.1) is 6.04 Å². The second-order valence-corrected chi connectivity index (χ2v) is 14.9. The number of nitrogens with zero attached hydrogens (tertiary/aromatic N) is 2. The van der Waals surface area contributed by atoms with Crippen LogP contribution in [-0.2, 0) is 22.4 Å². The molecule has 0 spiro atoms. The molecule has 1 aromatic heterocycles. The molecule has 0 aliphatic heterocycles. The molecule has 4 bridgehead atoms. The summed E-state index contributed by atoms with van der Waals surface area (Å²) in [6.07, 6.45) is 11.8. The Kier molecular flexibility index (Phi) is 11.6. The quantitative estimate of drug-likeness (QED) is 0.0699. The maximum Gasteiger partial charge on any atom is 0.249 e. The van der Waals surface area contributed by atoms with E-state index in [-0.39, 0.29) is 29.5 Å². The van der Waals surface area contributed by atoms with Crippen LogP contribution in [0.15, 0.2) is 16.7 Å². The topological polar surface area (TPSA) is 231 Å². The molecule has 13 heteroatoms. The Morgan fingerprint density at radius 1 is 1.02 bits per heavy atom. The van der Waals surface area contributed by atoms with Crippen LogP contribution in [0.25, 0.3) is 0 Å². The zero-order valence-electron chi connectivity index (χ0n) is 28.5. The Bertz CT molecular complexity index is 1380. The van der Waals surface area contributed by atoms with Crippen molar-refractivity contribution in [1.82, 2.24) is 26.1 Å². The highest BCUT2D eigenvalue weighted by atomic mass is 16.5. The number of amides is 2. The van der Waals surface area contributed by atoms with Gasteiger partial charge in [-0.15, -0.1) is 0 Å². The van der Waals surface area contributed by atoms with Crippen LogP contribution in [0.1, 0.15) is 105 Å². The average Bonchev–Trinajstić information content (AvgIpc) is 3.46. The van der Waals surface area contributed by atoms with E-state index in [1.807, 2.05) is 13.8 Å². The second kappa shape index (κ2) is 15.7. The summed E-state index contributed by atoms with van der Waals surface area (Å²) < 4.78 is 5.84. The molecule has 4 aliphatic carbocycles. The van der Waals surface area contributed by atoms with E-state index in [0.717, 1.165) is 53.7 Å². The van der Waals surface area contributed by atoms with Crippen LogP contribution in [0.2, 0.25) is 0 Å². The van der Waals surface area contributed by atoms with Gasteiger partial charge in [-0.2, -0.15) is 4.98 Å². The van der Waals surface area contributed by atoms with Crippen molar-refractivity contribution < 1.29 is 19.2 Å². The van der Waals surface area contributed by atoms with Gasteiger partial charge in [-0.25, -0.2) is 0 Å². The molecule has 11 N–H and O–H groups in total. The number of carbonyl (C=O) groups is 2. The lowest BCUT2D eigenvalue weighted by Gasteiger charge is -2.56. The van der Waals surface area contributed by atoms with Gasteiger partial charge < -0.3 is 42.8 Å². The van der Waals surface area contributed by atoms with Gasteiger partial charge >= 0.3 is 0 Å². The van der Waals surface area contributed by atoms with Crippen LogP contribution in [0.3, 0.4) is 0 Å². The third-order valence-corrected chi connectivity index (χ3v) is 10.8. The third-order valence-electron chi connectivity index (χ3n) is 10.8. The van der Waals surface area contributed by atoms with E-state index in [1.54, 1.807) is 12.1 Å². The fourth-order valence-electron chi connectivity index (χ4n) is 9.01. The third kappa shape index (κ3) is 9.04. The molecule has 2 aromatic rings. The van der Waals surface area contributed by atoms with Crippen molar-refractivity contribution >= 4 is 17.8 Å². The summed E-state index contributed by atoms with van der Waals surface area (Å²) in [6.45, 7) is 4.67. The molecule has 4 aliphatic rings.